The molecule has 1 saturated heterocycles. The Morgan fingerprint density at radius 2 is 1.65 bits per heavy atom. The fourth-order valence-corrected chi connectivity index (χ4v) is 4.20. The maximum Gasteiger partial charge on any atom is 0.262 e. The van der Waals surface area contributed by atoms with E-state index in [1.54, 1.807) is 6.07 Å². The summed E-state index contributed by atoms with van der Waals surface area (Å²) in [5.74, 6) is 0.457. The minimum Gasteiger partial charge on any atom is -0.484 e. The fraction of sp³-hybridized carbons (Fsp3) is 0.259. The van der Waals surface area contributed by atoms with Crippen LogP contribution in [0.4, 0.5) is 11.4 Å². The largest absolute Gasteiger partial charge is 0.484 e. The molecule has 6 nitrogen and oxygen atoms in total. The van der Waals surface area contributed by atoms with Gasteiger partial charge in [-0.15, -0.1) is 0 Å². The van der Waals surface area contributed by atoms with Crippen LogP contribution < -0.4 is 15.0 Å². The average molecular weight is 478 g/mol. The zero-order valence-corrected chi connectivity index (χ0v) is 20.1. The second kappa shape index (κ2) is 10.6. The van der Waals surface area contributed by atoms with Crippen LogP contribution in [0.3, 0.4) is 0 Å². The number of ether oxygens (including phenoxy) is 1. The first-order valence-corrected chi connectivity index (χ1v) is 11.7. The molecule has 1 heterocycles. The molecule has 3 aromatic rings. The maximum atomic E-state index is 12.7. The minimum atomic E-state index is -0.255. The zero-order chi connectivity index (χ0) is 24.1. The van der Waals surface area contributed by atoms with Gasteiger partial charge in [-0.1, -0.05) is 35.9 Å². The Labute approximate surface area is 205 Å². The lowest BCUT2D eigenvalue weighted by Crippen LogP contribution is -2.48. The summed E-state index contributed by atoms with van der Waals surface area (Å²) in [5.41, 5.74) is 4.50. The second-order valence-electron chi connectivity index (χ2n) is 8.39. The van der Waals surface area contributed by atoms with Crippen LogP contribution in [0.5, 0.6) is 5.75 Å². The number of nitrogens with one attached hydrogen (secondary N) is 1. The van der Waals surface area contributed by atoms with Crippen LogP contribution in [0, 0.1) is 13.8 Å². The lowest BCUT2D eigenvalue weighted by molar-refractivity contribution is -0.118. The Hall–Kier alpha value is -3.51. The molecule has 34 heavy (non-hydrogen) atoms. The van der Waals surface area contributed by atoms with E-state index in [-0.39, 0.29) is 18.4 Å². The first kappa shape index (κ1) is 23.6. The SMILES string of the molecule is Cc1ccc(OCC(=O)Nc2ccc(N3CCN(C(=O)c4ccccc4)CC3)c(Cl)c2)cc1C. The number of benzene rings is 3. The molecular formula is C27H28ClN3O3. The van der Waals surface area contributed by atoms with Crippen LogP contribution in [0.25, 0.3) is 0 Å². The molecule has 7 heteroatoms. The number of rotatable bonds is 6. The number of carbonyl (C=O) groups is 2. The monoisotopic (exact) mass is 477 g/mol. The number of halogens is 1. The van der Waals surface area contributed by atoms with Crippen molar-refractivity contribution in [3.05, 3.63) is 88.4 Å². The highest BCUT2D eigenvalue weighted by Crippen LogP contribution is 2.30. The van der Waals surface area contributed by atoms with E-state index in [0.29, 0.717) is 48.2 Å². The summed E-state index contributed by atoms with van der Waals surface area (Å²) in [6.07, 6.45) is 0. The summed E-state index contributed by atoms with van der Waals surface area (Å²) < 4.78 is 5.60. The summed E-state index contributed by atoms with van der Waals surface area (Å²) in [5, 5.41) is 3.38. The molecule has 1 aliphatic rings. The number of hydrogen-bond acceptors (Lipinski definition) is 4. The van der Waals surface area contributed by atoms with Gasteiger partial charge in [-0.25, -0.2) is 0 Å². The van der Waals surface area contributed by atoms with Crippen molar-refractivity contribution in [2.45, 2.75) is 13.8 Å². The van der Waals surface area contributed by atoms with E-state index in [1.165, 1.54) is 5.56 Å². The number of hydrogen-bond donors (Lipinski definition) is 1. The van der Waals surface area contributed by atoms with Crippen LogP contribution in [0.1, 0.15) is 21.5 Å². The van der Waals surface area contributed by atoms with Crippen molar-refractivity contribution in [1.29, 1.82) is 0 Å². The van der Waals surface area contributed by atoms with Crippen molar-refractivity contribution in [2.24, 2.45) is 0 Å². The molecule has 1 N–H and O–H groups in total. The van der Waals surface area contributed by atoms with Gasteiger partial charge in [0.25, 0.3) is 11.8 Å². The van der Waals surface area contributed by atoms with Gasteiger partial charge < -0.3 is 19.9 Å². The number of aryl methyl sites for hydroxylation is 2. The van der Waals surface area contributed by atoms with Gasteiger partial charge in [0.1, 0.15) is 5.75 Å². The predicted molar refractivity (Wildman–Crippen MR) is 136 cm³/mol. The van der Waals surface area contributed by atoms with Crippen molar-refractivity contribution >= 4 is 34.8 Å². The third-order valence-electron chi connectivity index (χ3n) is 6.01. The van der Waals surface area contributed by atoms with Gasteiger partial charge in [0.15, 0.2) is 6.61 Å². The fourth-order valence-electron chi connectivity index (χ4n) is 3.90. The van der Waals surface area contributed by atoms with Gasteiger partial charge in [0, 0.05) is 37.4 Å². The molecule has 1 fully saturated rings. The summed E-state index contributed by atoms with van der Waals surface area (Å²) in [7, 11) is 0. The molecule has 0 bridgehead atoms. The normalized spacial score (nSPS) is 13.5. The molecular weight excluding hydrogens is 450 g/mol. The first-order chi connectivity index (χ1) is 16.4. The highest BCUT2D eigenvalue weighted by Gasteiger charge is 2.23. The lowest BCUT2D eigenvalue weighted by atomic mass is 10.1. The molecule has 176 valence electrons. The molecule has 2 amide bonds. The quantitative estimate of drug-likeness (QED) is 0.546. The number of anilines is 2. The molecule has 0 saturated carbocycles. The van der Waals surface area contributed by atoms with Gasteiger partial charge in [-0.2, -0.15) is 0 Å². The Balaban J connectivity index is 1.30. The number of piperazine rings is 1. The van der Waals surface area contributed by atoms with E-state index in [0.717, 1.165) is 11.3 Å². The van der Waals surface area contributed by atoms with E-state index >= 15 is 0 Å². The molecule has 4 rings (SSSR count). The molecule has 0 unspecified atom stereocenters. The summed E-state index contributed by atoms with van der Waals surface area (Å²) in [6, 6.07) is 20.5. The van der Waals surface area contributed by atoms with Gasteiger partial charge in [0.2, 0.25) is 0 Å². The third kappa shape index (κ3) is 5.69. The molecule has 0 spiro atoms. The molecule has 0 aliphatic carbocycles. The highest BCUT2D eigenvalue weighted by atomic mass is 35.5. The Bertz CT molecular complexity index is 1170. The van der Waals surface area contributed by atoms with Crippen LogP contribution in [-0.4, -0.2) is 49.5 Å². The molecule has 0 aromatic heterocycles. The molecule has 0 radical (unpaired) electrons. The van der Waals surface area contributed by atoms with Gasteiger partial charge in [-0.05, 0) is 67.4 Å². The standard InChI is InChI=1S/C27H28ClN3O3/c1-19-8-10-23(16-20(19)2)34-18-26(32)29-22-9-11-25(24(28)17-22)30-12-14-31(15-13-30)27(33)21-6-4-3-5-7-21/h3-11,16-17H,12-15,18H2,1-2H3,(H,29,32). The third-order valence-corrected chi connectivity index (χ3v) is 6.31. The number of carbonyl (C=O) groups excluding carboxylic acids is 2. The molecule has 0 atom stereocenters. The van der Waals surface area contributed by atoms with Crippen molar-refractivity contribution in [1.82, 2.24) is 4.90 Å². The molecule has 3 aromatic carbocycles. The van der Waals surface area contributed by atoms with E-state index in [4.69, 9.17) is 16.3 Å². The van der Waals surface area contributed by atoms with Crippen LogP contribution >= 0.6 is 11.6 Å². The van der Waals surface area contributed by atoms with Crippen molar-refractivity contribution in [2.75, 3.05) is 43.0 Å². The topological polar surface area (TPSA) is 61.9 Å². The first-order valence-electron chi connectivity index (χ1n) is 11.3. The van der Waals surface area contributed by atoms with E-state index < -0.39 is 0 Å². The number of amides is 2. The summed E-state index contributed by atoms with van der Waals surface area (Å²) in [4.78, 5) is 29.0. The van der Waals surface area contributed by atoms with Crippen LogP contribution in [0.15, 0.2) is 66.7 Å². The van der Waals surface area contributed by atoms with Gasteiger partial charge in [0.05, 0.1) is 10.7 Å². The van der Waals surface area contributed by atoms with Gasteiger partial charge in [-0.3, -0.25) is 9.59 Å². The van der Waals surface area contributed by atoms with E-state index in [1.807, 2.05) is 79.4 Å². The predicted octanol–water partition coefficient (Wildman–Crippen LogP) is 4.94. The summed E-state index contributed by atoms with van der Waals surface area (Å²) in [6.45, 7) is 6.58. The Morgan fingerprint density at radius 3 is 2.32 bits per heavy atom. The minimum absolute atomic E-state index is 0.0485. The maximum absolute atomic E-state index is 12.7. The van der Waals surface area contributed by atoms with Crippen LogP contribution in [0.2, 0.25) is 5.02 Å². The van der Waals surface area contributed by atoms with Crippen molar-refractivity contribution in [3.8, 4) is 5.75 Å². The smallest absolute Gasteiger partial charge is 0.262 e. The summed E-state index contributed by atoms with van der Waals surface area (Å²) >= 11 is 6.54. The van der Waals surface area contributed by atoms with E-state index in [2.05, 4.69) is 10.2 Å². The van der Waals surface area contributed by atoms with Crippen molar-refractivity contribution in [3.63, 3.8) is 0 Å². The Kier molecular flexibility index (Phi) is 7.38. The van der Waals surface area contributed by atoms with Crippen LogP contribution in [-0.2, 0) is 4.79 Å². The molecule has 1 aliphatic heterocycles. The highest BCUT2D eigenvalue weighted by molar-refractivity contribution is 6.33. The van der Waals surface area contributed by atoms with Gasteiger partial charge >= 0.3 is 0 Å². The van der Waals surface area contributed by atoms with E-state index in [9.17, 15) is 9.59 Å². The Morgan fingerprint density at radius 1 is 0.912 bits per heavy atom. The van der Waals surface area contributed by atoms with Crippen molar-refractivity contribution < 1.29 is 14.3 Å². The second-order valence-corrected chi connectivity index (χ2v) is 8.80. The lowest BCUT2D eigenvalue weighted by Gasteiger charge is -2.36. The average Bonchev–Trinajstić information content (AvgIpc) is 2.85. The zero-order valence-electron chi connectivity index (χ0n) is 19.4. The number of nitrogens with zero attached hydrogens (tertiary/aromatic N) is 2.